The van der Waals surface area contributed by atoms with Gasteiger partial charge in [0.05, 0.1) is 23.9 Å². The number of carbonyl (C=O) groups excluding carboxylic acids is 1. The summed E-state index contributed by atoms with van der Waals surface area (Å²) in [7, 11) is 1.64. The van der Waals surface area contributed by atoms with Gasteiger partial charge in [0.2, 0.25) is 0 Å². The molecule has 7 heteroatoms. The first-order valence-corrected chi connectivity index (χ1v) is 11.2. The number of rotatable bonds is 4. The Labute approximate surface area is 186 Å². The molecule has 0 radical (unpaired) electrons. The van der Waals surface area contributed by atoms with E-state index in [1.807, 2.05) is 6.92 Å². The molecule has 1 amide bonds. The molecule has 1 saturated carbocycles. The first kappa shape index (κ1) is 22.8. The van der Waals surface area contributed by atoms with Crippen molar-refractivity contribution < 1.29 is 22.7 Å². The van der Waals surface area contributed by atoms with Crippen LogP contribution in [-0.4, -0.2) is 30.3 Å². The smallest absolute Gasteiger partial charge is 0.381 e. The number of benzene rings is 1. The highest BCUT2D eigenvalue weighted by molar-refractivity contribution is 6.04. The standard InChI is InChI=1S/C25H29F3N2O2/c1-16-22(7-4-12-29-16)30-23(31)18-8-9-21-17(13-18)5-3-6-19-14-20(32-2)10-11-24(19,21)15-25(26,27)28/h4,7-9,12-13,19-20H,3,5-6,10-11,14-15H2,1-2H3,(H,30,31). The van der Waals surface area contributed by atoms with Gasteiger partial charge in [-0.15, -0.1) is 0 Å². The van der Waals surface area contributed by atoms with Gasteiger partial charge in [-0.2, -0.15) is 13.2 Å². The summed E-state index contributed by atoms with van der Waals surface area (Å²) in [6, 6.07) is 8.76. The Hall–Kier alpha value is -2.41. The van der Waals surface area contributed by atoms with Crippen LogP contribution >= 0.6 is 0 Å². The van der Waals surface area contributed by atoms with E-state index in [0.29, 0.717) is 42.6 Å². The summed E-state index contributed by atoms with van der Waals surface area (Å²) in [6.07, 6.45) is 0.515. The molecule has 0 spiro atoms. The number of nitrogens with zero attached hydrogens (tertiary/aromatic N) is 1. The Kier molecular flexibility index (Phi) is 6.30. The van der Waals surface area contributed by atoms with Crippen LogP contribution in [0, 0.1) is 12.8 Å². The van der Waals surface area contributed by atoms with Crippen LogP contribution in [0.2, 0.25) is 0 Å². The first-order chi connectivity index (χ1) is 15.2. The molecule has 0 aliphatic heterocycles. The number of fused-ring (bicyclic) bond motifs is 3. The number of aryl methyl sites for hydroxylation is 2. The number of nitrogens with one attached hydrogen (secondary N) is 1. The summed E-state index contributed by atoms with van der Waals surface area (Å²) in [5.41, 5.74) is 2.47. The minimum atomic E-state index is -4.26. The van der Waals surface area contributed by atoms with E-state index in [1.165, 1.54) is 0 Å². The number of hydrogen-bond acceptors (Lipinski definition) is 3. The van der Waals surface area contributed by atoms with E-state index in [2.05, 4.69) is 10.3 Å². The van der Waals surface area contributed by atoms with E-state index in [4.69, 9.17) is 4.74 Å². The Morgan fingerprint density at radius 3 is 2.81 bits per heavy atom. The molecule has 1 aromatic heterocycles. The molecule has 172 valence electrons. The van der Waals surface area contributed by atoms with Gasteiger partial charge in [0.15, 0.2) is 0 Å². The van der Waals surface area contributed by atoms with Crippen LogP contribution in [0.25, 0.3) is 0 Å². The summed E-state index contributed by atoms with van der Waals surface area (Å²) in [6.45, 7) is 1.81. The highest BCUT2D eigenvalue weighted by Gasteiger charge is 2.52. The van der Waals surface area contributed by atoms with Crippen LogP contribution in [0.4, 0.5) is 18.9 Å². The zero-order valence-electron chi connectivity index (χ0n) is 18.5. The first-order valence-electron chi connectivity index (χ1n) is 11.2. The average Bonchev–Trinajstić information content (AvgIpc) is 2.89. The van der Waals surface area contributed by atoms with Crippen molar-refractivity contribution in [3.63, 3.8) is 0 Å². The number of pyridine rings is 1. The zero-order valence-corrected chi connectivity index (χ0v) is 18.5. The second-order valence-corrected chi connectivity index (χ2v) is 9.13. The van der Waals surface area contributed by atoms with Crippen molar-refractivity contribution in [2.24, 2.45) is 5.92 Å². The van der Waals surface area contributed by atoms with Gasteiger partial charge in [0.1, 0.15) is 0 Å². The van der Waals surface area contributed by atoms with E-state index in [-0.39, 0.29) is 17.9 Å². The van der Waals surface area contributed by atoms with Crippen LogP contribution in [0.3, 0.4) is 0 Å². The number of hydrogen-bond donors (Lipinski definition) is 1. The molecule has 1 N–H and O–H groups in total. The zero-order chi connectivity index (χ0) is 22.9. The topological polar surface area (TPSA) is 51.2 Å². The number of alkyl halides is 3. The Morgan fingerprint density at radius 2 is 2.09 bits per heavy atom. The van der Waals surface area contributed by atoms with E-state index < -0.39 is 18.0 Å². The SMILES string of the molecule is COC1CCC2(CC(F)(F)F)c3ccc(C(=O)Nc4cccnc4C)cc3CCCC2C1. The molecule has 32 heavy (non-hydrogen) atoms. The normalized spacial score (nSPS) is 25.4. The molecule has 4 rings (SSSR count). The molecule has 2 aromatic rings. The summed E-state index contributed by atoms with van der Waals surface area (Å²) in [5.74, 6) is -0.362. The molecule has 3 atom stereocenters. The predicted octanol–water partition coefficient (Wildman–Crippen LogP) is 5.98. The van der Waals surface area contributed by atoms with Crippen LogP contribution in [-0.2, 0) is 16.6 Å². The average molecular weight is 447 g/mol. The number of amides is 1. The van der Waals surface area contributed by atoms with Gasteiger partial charge in [0.25, 0.3) is 5.91 Å². The lowest BCUT2D eigenvalue weighted by molar-refractivity contribution is -0.160. The number of carbonyl (C=O) groups is 1. The minimum absolute atomic E-state index is 0.00989. The van der Waals surface area contributed by atoms with Crippen molar-refractivity contribution in [2.45, 2.75) is 69.6 Å². The fourth-order valence-corrected chi connectivity index (χ4v) is 5.71. The molecular weight excluding hydrogens is 417 g/mol. The second kappa shape index (κ2) is 8.85. The molecule has 1 fully saturated rings. The fourth-order valence-electron chi connectivity index (χ4n) is 5.71. The molecule has 2 aliphatic rings. The number of ether oxygens (including phenoxy) is 1. The third-order valence-corrected chi connectivity index (χ3v) is 7.25. The quantitative estimate of drug-likeness (QED) is 0.628. The Balaban J connectivity index is 1.69. The van der Waals surface area contributed by atoms with Crippen molar-refractivity contribution in [2.75, 3.05) is 12.4 Å². The molecule has 1 heterocycles. The Morgan fingerprint density at radius 1 is 1.28 bits per heavy atom. The minimum Gasteiger partial charge on any atom is -0.381 e. The third-order valence-electron chi connectivity index (χ3n) is 7.25. The fraction of sp³-hybridized carbons (Fsp3) is 0.520. The maximum atomic E-state index is 13.8. The van der Waals surface area contributed by atoms with Gasteiger partial charge >= 0.3 is 6.18 Å². The van der Waals surface area contributed by atoms with Crippen LogP contribution in [0.15, 0.2) is 36.5 Å². The van der Waals surface area contributed by atoms with E-state index in [0.717, 1.165) is 24.0 Å². The molecule has 0 saturated heterocycles. The second-order valence-electron chi connectivity index (χ2n) is 9.13. The van der Waals surface area contributed by atoms with Crippen molar-refractivity contribution in [1.82, 2.24) is 4.98 Å². The summed E-state index contributed by atoms with van der Waals surface area (Å²) in [5, 5.41) is 2.87. The number of methoxy groups -OCH3 is 1. The molecule has 4 nitrogen and oxygen atoms in total. The monoisotopic (exact) mass is 446 g/mol. The van der Waals surface area contributed by atoms with Crippen LogP contribution < -0.4 is 5.32 Å². The summed E-state index contributed by atoms with van der Waals surface area (Å²) in [4.78, 5) is 17.1. The van der Waals surface area contributed by atoms with Gasteiger partial charge < -0.3 is 10.1 Å². The van der Waals surface area contributed by atoms with Crippen molar-refractivity contribution in [3.05, 3.63) is 58.9 Å². The molecule has 3 unspecified atom stereocenters. The maximum absolute atomic E-state index is 13.8. The van der Waals surface area contributed by atoms with Crippen molar-refractivity contribution >= 4 is 11.6 Å². The predicted molar refractivity (Wildman–Crippen MR) is 117 cm³/mol. The lowest BCUT2D eigenvalue weighted by Crippen LogP contribution is -2.45. The van der Waals surface area contributed by atoms with E-state index in [1.54, 1.807) is 43.6 Å². The van der Waals surface area contributed by atoms with Gasteiger partial charge in [-0.1, -0.05) is 6.07 Å². The van der Waals surface area contributed by atoms with Crippen molar-refractivity contribution in [1.29, 1.82) is 0 Å². The van der Waals surface area contributed by atoms with Crippen molar-refractivity contribution in [3.8, 4) is 0 Å². The number of anilines is 1. The van der Waals surface area contributed by atoms with Gasteiger partial charge in [-0.3, -0.25) is 9.78 Å². The van der Waals surface area contributed by atoms with Gasteiger partial charge in [-0.25, -0.2) is 0 Å². The van der Waals surface area contributed by atoms with E-state index >= 15 is 0 Å². The summed E-state index contributed by atoms with van der Waals surface area (Å²) < 4.78 is 46.9. The number of aromatic nitrogens is 1. The number of halogens is 3. The van der Waals surface area contributed by atoms with Gasteiger partial charge in [0, 0.05) is 24.3 Å². The highest BCUT2D eigenvalue weighted by atomic mass is 19.4. The molecule has 0 bridgehead atoms. The summed E-state index contributed by atoms with van der Waals surface area (Å²) >= 11 is 0. The molecule has 2 aliphatic carbocycles. The lowest BCUT2D eigenvalue weighted by atomic mass is 9.59. The van der Waals surface area contributed by atoms with E-state index in [9.17, 15) is 18.0 Å². The molecule has 1 aromatic carbocycles. The van der Waals surface area contributed by atoms with Crippen LogP contribution in [0.5, 0.6) is 0 Å². The van der Waals surface area contributed by atoms with Gasteiger partial charge in [-0.05, 0) is 86.8 Å². The Bertz CT molecular complexity index is 991. The third kappa shape index (κ3) is 4.53. The van der Waals surface area contributed by atoms with Crippen LogP contribution in [0.1, 0.15) is 65.7 Å². The highest BCUT2D eigenvalue weighted by Crippen LogP contribution is 2.54. The maximum Gasteiger partial charge on any atom is 0.389 e. The lowest BCUT2D eigenvalue weighted by Gasteiger charge is -2.47. The largest absolute Gasteiger partial charge is 0.389 e. The molecular formula is C25H29F3N2O2.